The van der Waals surface area contributed by atoms with Crippen molar-refractivity contribution in [2.75, 3.05) is 25.0 Å². The zero-order valence-corrected chi connectivity index (χ0v) is 18.8. The van der Waals surface area contributed by atoms with E-state index in [2.05, 4.69) is 24.5 Å². The van der Waals surface area contributed by atoms with E-state index in [1.165, 1.54) is 10.4 Å². The lowest BCUT2D eigenvalue weighted by Gasteiger charge is -2.32. The fourth-order valence-corrected chi connectivity index (χ4v) is 5.51. The van der Waals surface area contributed by atoms with Crippen molar-refractivity contribution in [3.63, 3.8) is 0 Å². The van der Waals surface area contributed by atoms with Crippen LogP contribution >= 0.6 is 0 Å². The summed E-state index contributed by atoms with van der Waals surface area (Å²) in [6.07, 6.45) is 1.51. The number of carbonyl (C=O) groups is 2. The summed E-state index contributed by atoms with van der Waals surface area (Å²) in [5, 5.41) is 5.67. The van der Waals surface area contributed by atoms with Crippen LogP contribution in [0.15, 0.2) is 17.0 Å². The molecule has 1 fully saturated rings. The molecule has 2 amide bonds. The Morgan fingerprint density at radius 3 is 2.80 bits per heavy atom. The predicted molar refractivity (Wildman–Crippen MR) is 114 cm³/mol. The molecular weight excluding hydrogens is 406 g/mol. The van der Waals surface area contributed by atoms with Gasteiger partial charge in [0.2, 0.25) is 15.9 Å². The van der Waals surface area contributed by atoms with Crippen LogP contribution in [0.1, 0.15) is 45.6 Å². The van der Waals surface area contributed by atoms with Gasteiger partial charge in [-0.3, -0.25) is 9.59 Å². The van der Waals surface area contributed by atoms with Gasteiger partial charge in [-0.2, -0.15) is 4.31 Å². The maximum Gasteiger partial charge on any atom is 0.265 e. The van der Waals surface area contributed by atoms with Crippen LogP contribution in [0.5, 0.6) is 5.75 Å². The number of carbonyl (C=O) groups excluding carboxylic acids is 2. The fraction of sp³-hybridized carbons (Fsp3) is 0.619. The van der Waals surface area contributed by atoms with Crippen molar-refractivity contribution >= 4 is 27.5 Å². The maximum atomic E-state index is 13.4. The summed E-state index contributed by atoms with van der Waals surface area (Å²) in [5.74, 6) is 0.133. The summed E-state index contributed by atoms with van der Waals surface area (Å²) < 4.78 is 33.7. The Hall–Kier alpha value is -2.13. The lowest BCUT2D eigenvalue weighted by molar-refractivity contribution is -0.126. The molecule has 166 valence electrons. The molecule has 0 spiro atoms. The molecule has 0 aromatic heterocycles. The molecule has 8 nitrogen and oxygen atoms in total. The molecule has 1 aromatic rings. The van der Waals surface area contributed by atoms with Gasteiger partial charge in [-0.15, -0.1) is 0 Å². The molecule has 3 rings (SSSR count). The Morgan fingerprint density at radius 1 is 1.37 bits per heavy atom. The third-order valence-electron chi connectivity index (χ3n) is 5.60. The highest BCUT2D eigenvalue weighted by atomic mass is 32.2. The summed E-state index contributed by atoms with van der Waals surface area (Å²) in [6.45, 7) is 8.64. The Morgan fingerprint density at radius 2 is 2.10 bits per heavy atom. The van der Waals surface area contributed by atoms with Crippen LogP contribution in [0.3, 0.4) is 0 Å². The van der Waals surface area contributed by atoms with Crippen molar-refractivity contribution in [3.8, 4) is 5.75 Å². The highest BCUT2D eigenvalue weighted by Crippen LogP contribution is 2.36. The summed E-state index contributed by atoms with van der Waals surface area (Å²) in [5.41, 5.74) is 0.992. The quantitative estimate of drug-likeness (QED) is 0.710. The molecule has 9 heteroatoms. The number of benzene rings is 1. The van der Waals surface area contributed by atoms with Gasteiger partial charge in [0.1, 0.15) is 5.75 Å². The third kappa shape index (κ3) is 4.78. The molecule has 1 aromatic carbocycles. The molecule has 1 saturated heterocycles. The number of nitrogens with zero attached hydrogens (tertiary/aromatic N) is 1. The number of hydrogen-bond acceptors (Lipinski definition) is 5. The maximum absolute atomic E-state index is 13.4. The summed E-state index contributed by atoms with van der Waals surface area (Å²) in [7, 11) is -3.80. The minimum Gasteiger partial charge on any atom is -0.479 e. The molecule has 2 aliphatic rings. The van der Waals surface area contributed by atoms with Gasteiger partial charge in [-0.05, 0) is 50.7 Å². The minimum absolute atomic E-state index is 0.0856. The van der Waals surface area contributed by atoms with Gasteiger partial charge in [0.25, 0.3) is 5.91 Å². The molecular formula is C21H31N3O5S. The van der Waals surface area contributed by atoms with Crippen LogP contribution in [-0.4, -0.2) is 50.3 Å². The van der Waals surface area contributed by atoms with Crippen LogP contribution in [0.25, 0.3) is 0 Å². The zero-order chi connectivity index (χ0) is 22.1. The Bertz CT molecular complexity index is 929. The molecule has 2 aliphatic heterocycles. The Balaban J connectivity index is 1.77. The van der Waals surface area contributed by atoms with E-state index < -0.39 is 16.1 Å². The van der Waals surface area contributed by atoms with E-state index in [1.807, 2.05) is 0 Å². The van der Waals surface area contributed by atoms with Crippen LogP contribution in [0.4, 0.5) is 5.69 Å². The number of nitrogens with one attached hydrogen (secondary N) is 2. The van der Waals surface area contributed by atoms with E-state index in [-0.39, 0.29) is 29.2 Å². The molecule has 0 aliphatic carbocycles. The molecule has 0 bridgehead atoms. The van der Waals surface area contributed by atoms with Crippen molar-refractivity contribution in [3.05, 3.63) is 17.7 Å². The molecule has 30 heavy (non-hydrogen) atoms. The highest BCUT2D eigenvalue weighted by molar-refractivity contribution is 7.89. The SMILES string of the molecule is Cc1cc2c(cc1S(=O)(=O)N1CCCC(C(=O)NCCC(C)C)C1)OC(C)C(=O)N2. The second-order valence-corrected chi connectivity index (χ2v) is 10.4. The van der Waals surface area contributed by atoms with Crippen molar-refractivity contribution in [1.82, 2.24) is 9.62 Å². The predicted octanol–water partition coefficient (Wildman–Crippen LogP) is 2.28. The summed E-state index contributed by atoms with van der Waals surface area (Å²) in [4.78, 5) is 24.5. The first-order chi connectivity index (χ1) is 14.1. The zero-order valence-electron chi connectivity index (χ0n) is 18.0. The van der Waals surface area contributed by atoms with E-state index >= 15 is 0 Å². The third-order valence-corrected chi connectivity index (χ3v) is 7.61. The average molecular weight is 438 g/mol. The van der Waals surface area contributed by atoms with Crippen LogP contribution < -0.4 is 15.4 Å². The highest BCUT2D eigenvalue weighted by Gasteiger charge is 2.35. The van der Waals surface area contributed by atoms with Gasteiger partial charge in [0.05, 0.1) is 16.5 Å². The molecule has 2 unspecified atom stereocenters. The number of ether oxygens (including phenoxy) is 1. The number of hydrogen-bond donors (Lipinski definition) is 2. The summed E-state index contributed by atoms with van der Waals surface area (Å²) >= 11 is 0. The lowest BCUT2D eigenvalue weighted by atomic mass is 9.98. The van der Waals surface area contributed by atoms with Crippen LogP contribution in [0, 0.1) is 18.8 Å². The first-order valence-corrected chi connectivity index (χ1v) is 11.9. The van der Waals surface area contributed by atoms with E-state index in [9.17, 15) is 18.0 Å². The number of fused-ring (bicyclic) bond motifs is 1. The first kappa shape index (κ1) is 22.6. The minimum atomic E-state index is -3.80. The van der Waals surface area contributed by atoms with Crippen molar-refractivity contribution < 1.29 is 22.7 Å². The molecule has 2 atom stereocenters. The standard InChI is InChI=1S/C21H31N3O5S/c1-13(2)7-8-22-21(26)16-6-5-9-24(12-16)30(27,28)19-11-18-17(10-14(19)3)23-20(25)15(4)29-18/h10-11,13,15-16H,5-9,12H2,1-4H3,(H,22,26)(H,23,25). The van der Waals surface area contributed by atoms with Gasteiger partial charge in [0, 0.05) is 25.7 Å². The molecule has 0 radical (unpaired) electrons. The van der Waals surface area contributed by atoms with Gasteiger partial charge < -0.3 is 15.4 Å². The number of piperidine rings is 1. The second-order valence-electron chi connectivity index (χ2n) is 8.54. The van der Waals surface area contributed by atoms with Gasteiger partial charge in [-0.1, -0.05) is 13.8 Å². The van der Waals surface area contributed by atoms with E-state index in [1.54, 1.807) is 19.9 Å². The van der Waals surface area contributed by atoms with Crippen LogP contribution in [-0.2, 0) is 19.6 Å². The largest absolute Gasteiger partial charge is 0.479 e. The van der Waals surface area contributed by atoms with Gasteiger partial charge >= 0.3 is 0 Å². The number of sulfonamides is 1. The number of anilines is 1. The number of aryl methyl sites for hydroxylation is 1. The van der Waals surface area contributed by atoms with Crippen molar-refractivity contribution in [2.45, 2.75) is 58.0 Å². The Labute approximate surface area is 178 Å². The monoisotopic (exact) mass is 437 g/mol. The molecule has 2 heterocycles. The first-order valence-electron chi connectivity index (χ1n) is 10.5. The lowest BCUT2D eigenvalue weighted by Crippen LogP contribution is -2.45. The van der Waals surface area contributed by atoms with E-state index in [4.69, 9.17) is 4.74 Å². The topological polar surface area (TPSA) is 105 Å². The van der Waals surface area contributed by atoms with Gasteiger partial charge in [-0.25, -0.2) is 8.42 Å². The number of amides is 2. The summed E-state index contributed by atoms with van der Waals surface area (Å²) in [6, 6.07) is 3.09. The smallest absolute Gasteiger partial charge is 0.265 e. The number of rotatable bonds is 6. The second kappa shape index (κ2) is 8.93. The van der Waals surface area contributed by atoms with Crippen LogP contribution in [0.2, 0.25) is 0 Å². The fourth-order valence-electron chi connectivity index (χ4n) is 3.76. The van der Waals surface area contributed by atoms with E-state index in [0.717, 1.165) is 6.42 Å². The average Bonchev–Trinajstić information content (AvgIpc) is 2.68. The van der Waals surface area contributed by atoms with Crippen molar-refractivity contribution in [1.29, 1.82) is 0 Å². The Kier molecular flexibility index (Phi) is 6.71. The molecule has 0 saturated carbocycles. The van der Waals surface area contributed by atoms with Gasteiger partial charge in [0.15, 0.2) is 6.10 Å². The normalized spacial score (nSPS) is 22.2. The molecule has 2 N–H and O–H groups in total. The van der Waals surface area contributed by atoms with Crippen molar-refractivity contribution in [2.24, 2.45) is 11.8 Å². The van der Waals surface area contributed by atoms with E-state index in [0.29, 0.717) is 48.8 Å².